The summed E-state index contributed by atoms with van der Waals surface area (Å²) in [7, 11) is 0. The Labute approximate surface area is 106 Å². The number of nitrogen functional groups attached to an aromatic ring is 1. The van der Waals surface area contributed by atoms with Crippen LogP contribution in [0.25, 0.3) is 0 Å². The first-order chi connectivity index (χ1) is 8.65. The van der Waals surface area contributed by atoms with E-state index in [0.717, 1.165) is 37.9 Å². The third kappa shape index (κ3) is 4.58. The minimum Gasteiger partial charge on any atom is -0.396 e. The molecule has 0 atom stereocenters. The summed E-state index contributed by atoms with van der Waals surface area (Å²) in [5.74, 6) is 0. The third-order valence-electron chi connectivity index (χ3n) is 2.64. The fraction of sp³-hybridized carbons (Fsp3) is 0.500. The molecule has 0 spiro atoms. The van der Waals surface area contributed by atoms with Crippen molar-refractivity contribution in [1.82, 2.24) is 0 Å². The molecule has 0 unspecified atom stereocenters. The molecule has 0 fully saturated rings. The summed E-state index contributed by atoms with van der Waals surface area (Å²) < 4.78 is 0. The highest BCUT2D eigenvalue weighted by Crippen LogP contribution is 2.24. The maximum absolute atomic E-state index is 10.6. The van der Waals surface area contributed by atoms with E-state index in [4.69, 9.17) is 10.8 Å². The number of aliphatic hydroxyl groups is 1. The number of anilines is 2. The minimum atomic E-state index is -0.492. The van der Waals surface area contributed by atoms with Gasteiger partial charge in [0.15, 0.2) is 0 Å². The van der Waals surface area contributed by atoms with E-state index in [1.807, 2.05) is 0 Å². The fourth-order valence-electron chi connectivity index (χ4n) is 1.65. The van der Waals surface area contributed by atoms with Gasteiger partial charge in [-0.3, -0.25) is 10.1 Å². The fourth-order valence-corrected chi connectivity index (χ4v) is 1.65. The largest absolute Gasteiger partial charge is 0.396 e. The average Bonchev–Trinajstić information content (AvgIpc) is 2.33. The molecule has 0 aromatic heterocycles. The zero-order valence-corrected chi connectivity index (χ0v) is 10.3. The van der Waals surface area contributed by atoms with Crippen LogP contribution in [0.1, 0.15) is 25.7 Å². The molecule has 100 valence electrons. The minimum absolute atomic E-state index is 0.0662. The van der Waals surface area contributed by atoms with Gasteiger partial charge in [-0.15, -0.1) is 0 Å². The van der Waals surface area contributed by atoms with E-state index in [1.54, 1.807) is 12.1 Å². The first kappa shape index (κ1) is 14.2. The Kier molecular flexibility index (Phi) is 5.93. The van der Waals surface area contributed by atoms with E-state index in [9.17, 15) is 10.1 Å². The van der Waals surface area contributed by atoms with Crippen LogP contribution in [0, 0.1) is 10.1 Å². The number of nitrogens with zero attached hydrogens (tertiary/aromatic N) is 1. The Hall–Kier alpha value is -1.82. The summed E-state index contributed by atoms with van der Waals surface area (Å²) in [5, 5.41) is 22.4. The Morgan fingerprint density at radius 2 is 2.00 bits per heavy atom. The summed E-state index contributed by atoms with van der Waals surface area (Å²) >= 11 is 0. The van der Waals surface area contributed by atoms with Gasteiger partial charge >= 0.3 is 0 Å². The zero-order valence-electron chi connectivity index (χ0n) is 10.3. The van der Waals surface area contributed by atoms with Gasteiger partial charge in [-0.05, 0) is 25.0 Å². The third-order valence-corrected chi connectivity index (χ3v) is 2.64. The molecule has 0 saturated carbocycles. The Bertz CT molecular complexity index is 396. The van der Waals surface area contributed by atoms with Crippen molar-refractivity contribution >= 4 is 17.1 Å². The molecule has 0 aliphatic carbocycles. The standard InChI is InChI=1S/C12H19N3O3/c13-11-9-10(5-6-12(11)15(17)18)14-7-3-1-2-4-8-16/h5-6,9,14,16H,1-4,7-8,13H2. The molecule has 1 rings (SSSR count). The number of nitrogens with two attached hydrogens (primary N) is 1. The van der Waals surface area contributed by atoms with Crippen molar-refractivity contribution in [2.24, 2.45) is 0 Å². The summed E-state index contributed by atoms with van der Waals surface area (Å²) in [6.45, 7) is 1.04. The van der Waals surface area contributed by atoms with Crippen molar-refractivity contribution in [3.05, 3.63) is 28.3 Å². The van der Waals surface area contributed by atoms with Crippen LogP contribution in [0.4, 0.5) is 17.1 Å². The summed E-state index contributed by atoms with van der Waals surface area (Å²) in [5.41, 5.74) is 6.48. The number of unbranched alkanes of at least 4 members (excludes halogenated alkanes) is 3. The topological polar surface area (TPSA) is 101 Å². The number of benzene rings is 1. The molecule has 0 amide bonds. The van der Waals surface area contributed by atoms with Crippen LogP contribution in [-0.4, -0.2) is 23.2 Å². The van der Waals surface area contributed by atoms with E-state index in [1.165, 1.54) is 6.07 Å². The highest BCUT2D eigenvalue weighted by Gasteiger charge is 2.10. The molecule has 6 heteroatoms. The first-order valence-electron chi connectivity index (χ1n) is 6.04. The maximum atomic E-state index is 10.6. The molecular formula is C12H19N3O3. The Morgan fingerprint density at radius 1 is 1.28 bits per heavy atom. The maximum Gasteiger partial charge on any atom is 0.292 e. The number of nitro benzene ring substituents is 1. The predicted molar refractivity (Wildman–Crippen MR) is 71.6 cm³/mol. The second-order valence-electron chi connectivity index (χ2n) is 4.10. The van der Waals surface area contributed by atoms with Crippen molar-refractivity contribution in [3.8, 4) is 0 Å². The van der Waals surface area contributed by atoms with Crippen LogP contribution in [0.15, 0.2) is 18.2 Å². The molecule has 4 N–H and O–H groups in total. The molecule has 0 radical (unpaired) electrons. The van der Waals surface area contributed by atoms with Gasteiger partial charge in [0.25, 0.3) is 5.69 Å². The van der Waals surface area contributed by atoms with Gasteiger partial charge in [-0.1, -0.05) is 12.8 Å². The van der Waals surface area contributed by atoms with Gasteiger partial charge < -0.3 is 16.2 Å². The van der Waals surface area contributed by atoms with Crippen molar-refractivity contribution in [2.75, 3.05) is 24.2 Å². The molecule has 18 heavy (non-hydrogen) atoms. The average molecular weight is 253 g/mol. The smallest absolute Gasteiger partial charge is 0.292 e. The van der Waals surface area contributed by atoms with Gasteiger partial charge in [-0.25, -0.2) is 0 Å². The van der Waals surface area contributed by atoms with Crippen molar-refractivity contribution in [1.29, 1.82) is 0 Å². The second-order valence-corrected chi connectivity index (χ2v) is 4.10. The van der Waals surface area contributed by atoms with Gasteiger partial charge in [0.05, 0.1) is 4.92 Å². The molecule has 1 aromatic carbocycles. The molecule has 0 saturated heterocycles. The number of aliphatic hydroxyl groups excluding tert-OH is 1. The Morgan fingerprint density at radius 3 is 2.61 bits per heavy atom. The van der Waals surface area contributed by atoms with Crippen molar-refractivity contribution in [3.63, 3.8) is 0 Å². The number of nitro groups is 1. The molecule has 1 aromatic rings. The predicted octanol–water partition coefficient (Wildman–Crippen LogP) is 2.14. The quantitative estimate of drug-likeness (QED) is 0.285. The van der Waals surface area contributed by atoms with E-state index >= 15 is 0 Å². The molecular weight excluding hydrogens is 234 g/mol. The molecule has 0 aliphatic rings. The van der Waals surface area contributed by atoms with Crippen molar-refractivity contribution in [2.45, 2.75) is 25.7 Å². The Balaban J connectivity index is 2.35. The lowest BCUT2D eigenvalue weighted by Gasteiger charge is -2.07. The normalized spacial score (nSPS) is 10.3. The van der Waals surface area contributed by atoms with Gasteiger partial charge in [0.1, 0.15) is 5.69 Å². The molecule has 0 bridgehead atoms. The van der Waals surface area contributed by atoms with Crippen LogP contribution < -0.4 is 11.1 Å². The summed E-state index contributed by atoms with van der Waals surface area (Å²) in [4.78, 5) is 10.1. The lowest BCUT2D eigenvalue weighted by Crippen LogP contribution is -2.03. The molecule has 0 heterocycles. The van der Waals surface area contributed by atoms with Crippen LogP contribution in [0.3, 0.4) is 0 Å². The van der Waals surface area contributed by atoms with E-state index in [-0.39, 0.29) is 18.0 Å². The van der Waals surface area contributed by atoms with Gasteiger partial charge in [0.2, 0.25) is 0 Å². The monoisotopic (exact) mass is 253 g/mol. The second kappa shape index (κ2) is 7.50. The number of hydrogen-bond donors (Lipinski definition) is 3. The highest BCUT2D eigenvalue weighted by atomic mass is 16.6. The van der Waals surface area contributed by atoms with E-state index in [0.29, 0.717) is 0 Å². The number of hydrogen-bond acceptors (Lipinski definition) is 5. The van der Waals surface area contributed by atoms with Gasteiger partial charge in [-0.2, -0.15) is 0 Å². The number of rotatable bonds is 8. The SMILES string of the molecule is Nc1cc(NCCCCCCO)ccc1[N+](=O)[O-]. The van der Waals surface area contributed by atoms with Gasteiger partial charge in [0, 0.05) is 24.9 Å². The van der Waals surface area contributed by atoms with Crippen LogP contribution in [0.2, 0.25) is 0 Å². The molecule has 0 aliphatic heterocycles. The van der Waals surface area contributed by atoms with Crippen LogP contribution in [-0.2, 0) is 0 Å². The molecule has 6 nitrogen and oxygen atoms in total. The van der Waals surface area contributed by atoms with Crippen molar-refractivity contribution < 1.29 is 10.0 Å². The zero-order chi connectivity index (χ0) is 13.4. The van der Waals surface area contributed by atoms with E-state index in [2.05, 4.69) is 5.32 Å². The van der Waals surface area contributed by atoms with Crippen LogP contribution >= 0.6 is 0 Å². The summed E-state index contributed by atoms with van der Waals surface area (Å²) in [6, 6.07) is 4.64. The first-order valence-corrected chi connectivity index (χ1v) is 6.04. The summed E-state index contributed by atoms with van der Waals surface area (Å²) in [6.07, 6.45) is 3.90. The highest BCUT2D eigenvalue weighted by molar-refractivity contribution is 5.65. The number of nitrogens with one attached hydrogen (secondary N) is 1. The lowest BCUT2D eigenvalue weighted by atomic mass is 10.2. The van der Waals surface area contributed by atoms with E-state index < -0.39 is 4.92 Å². The lowest BCUT2D eigenvalue weighted by molar-refractivity contribution is -0.383. The van der Waals surface area contributed by atoms with Crippen LogP contribution in [0.5, 0.6) is 0 Å².